The quantitative estimate of drug-likeness (QED) is 0.552. The van der Waals surface area contributed by atoms with Crippen LogP contribution in [0.4, 0.5) is 4.39 Å². The minimum Gasteiger partial charge on any atom is -0.374 e. The molecule has 4 rings (SSSR count). The van der Waals surface area contributed by atoms with E-state index in [2.05, 4.69) is 5.32 Å². The van der Waals surface area contributed by atoms with E-state index < -0.39 is 22.9 Å². The molecule has 204 valence electrons. The normalized spacial score (nSPS) is 22.6. The molecule has 2 aliphatic rings. The molecular formula is C29H37FN4O4. The summed E-state index contributed by atoms with van der Waals surface area (Å²) in [5.41, 5.74) is 5.89. The van der Waals surface area contributed by atoms with Crippen molar-refractivity contribution in [2.45, 2.75) is 50.8 Å². The third-order valence-electron chi connectivity index (χ3n) is 7.59. The molecule has 8 nitrogen and oxygen atoms in total. The molecule has 0 aromatic heterocycles. The van der Waals surface area contributed by atoms with Gasteiger partial charge in [0.15, 0.2) is 0 Å². The fourth-order valence-corrected chi connectivity index (χ4v) is 5.52. The standard InChI is InChI=1S/C29H37FN4O4/c1-28(2,31)26(36)32-24(18-38-17-20-10-12-22(30)13-11-20)25(35)34-15-7-14-29(19-34)23(16-33(3)27(29)37)21-8-5-4-6-9-21/h4-6,8-13,23-24H,7,14-19,31H2,1-3H3,(H,32,36)/t23?,24?,29-/m0/s1. The number of benzene rings is 2. The molecule has 2 aromatic carbocycles. The highest BCUT2D eigenvalue weighted by Gasteiger charge is 2.55. The van der Waals surface area contributed by atoms with Crippen LogP contribution < -0.4 is 11.1 Å². The van der Waals surface area contributed by atoms with Crippen molar-refractivity contribution in [3.05, 3.63) is 71.5 Å². The summed E-state index contributed by atoms with van der Waals surface area (Å²) < 4.78 is 19.0. The lowest BCUT2D eigenvalue weighted by Gasteiger charge is -2.43. The predicted molar refractivity (Wildman–Crippen MR) is 141 cm³/mol. The molecule has 2 fully saturated rings. The second kappa shape index (κ2) is 11.2. The maximum atomic E-state index is 13.8. The number of halogens is 1. The van der Waals surface area contributed by atoms with Crippen molar-refractivity contribution < 1.29 is 23.5 Å². The molecule has 9 heteroatoms. The number of amides is 3. The van der Waals surface area contributed by atoms with Gasteiger partial charge in [0.1, 0.15) is 11.9 Å². The number of rotatable bonds is 8. The Bertz CT molecular complexity index is 1150. The predicted octanol–water partition coefficient (Wildman–Crippen LogP) is 2.43. The molecule has 2 aromatic rings. The summed E-state index contributed by atoms with van der Waals surface area (Å²) in [5, 5.41) is 2.76. The van der Waals surface area contributed by atoms with Gasteiger partial charge in [0.2, 0.25) is 17.7 Å². The Labute approximate surface area is 223 Å². The summed E-state index contributed by atoms with van der Waals surface area (Å²) >= 11 is 0. The number of nitrogens with one attached hydrogen (secondary N) is 1. The van der Waals surface area contributed by atoms with Crippen LogP contribution >= 0.6 is 0 Å². The average Bonchev–Trinajstić information content (AvgIpc) is 3.13. The minimum atomic E-state index is -1.19. The SMILES string of the molecule is CN1CC(c2ccccc2)[C@@]2(CCCN(C(=O)C(COCc3ccc(F)cc3)NC(=O)C(C)(C)N)C2)C1=O. The number of hydrogen-bond donors (Lipinski definition) is 2. The maximum absolute atomic E-state index is 13.8. The molecule has 0 saturated carbocycles. The van der Waals surface area contributed by atoms with Gasteiger partial charge in [-0.3, -0.25) is 14.4 Å². The maximum Gasteiger partial charge on any atom is 0.247 e. The van der Waals surface area contributed by atoms with E-state index in [4.69, 9.17) is 10.5 Å². The lowest BCUT2D eigenvalue weighted by Crippen LogP contribution is -2.60. The van der Waals surface area contributed by atoms with Crippen molar-refractivity contribution in [2.75, 3.05) is 33.3 Å². The van der Waals surface area contributed by atoms with Gasteiger partial charge in [-0.15, -0.1) is 0 Å². The highest BCUT2D eigenvalue weighted by atomic mass is 19.1. The number of carbonyl (C=O) groups is 3. The van der Waals surface area contributed by atoms with E-state index in [1.807, 2.05) is 37.4 Å². The zero-order valence-electron chi connectivity index (χ0n) is 22.3. The molecule has 2 heterocycles. The Morgan fingerprint density at radius 3 is 2.53 bits per heavy atom. The van der Waals surface area contributed by atoms with Crippen LogP contribution in [0.5, 0.6) is 0 Å². The number of nitrogens with zero attached hydrogens (tertiary/aromatic N) is 2. The minimum absolute atomic E-state index is 0.0393. The zero-order valence-corrected chi connectivity index (χ0v) is 22.3. The van der Waals surface area contributed by atoms with E-state index in [1.54, 1.807) is 35.8 Å². The van der Waals surface area contributed by atoms with Crippen molar-refractivity contribution in [2.24, 2.45) is 11.1 Å². The highest BCUT2D eigenvalue weighted by Crippen LogP contribution is 2.49. The second-order valence-corrected chi connectivity index (χ2v) is 11.1. The third-order valence-corrected chi connectivity index (χ3v) is 7.59. The van der Waals surface area contributed by atoms with Crippen LogP contribution in [0.2, 0.25) is 0 Å². The largest absolute Gasteiger partial charge is 0.374 e. The van der Waals surface area contributed by atoms with E-state index in [0.717, 1.165) is 11.1 Å². The van der Waals surface area contributed by atoms with Gasteiger partial charge in [-0.2, -0.15) is 0 Å². The van der Waals surface area contributed by atoms with Crippen molar-refractivity contribution in [3.8, 4) is 0 Å². The van der Waals surface area contributed by atoms with E-state index in [9.17, 15) is 18.8 Å². The van der Waals surface area contributed by atoms with Gasteiger partial charge in [-0.25, -0.2) is 4.39 Å². The Hall–Kier alpha value is -3.30. The molecule has 0 aliphatic carbocycles. The molecule has 2 aliphatic heterocycles. The van der Waals surface area contributed by atoms with Gasteiger partial charge >= 0.3 is 0 Å². The molecule has 3 amide bonds. The number of likely N-dealkylation sites (N-methyl/N-ethyl adjacent to an activating group) is 1. The van der Waals surface area contributed by atoms with Gasteiger partial charge in [-0.1, -0.05) is 42.5 Å². The van der Waals surface area contributed by atoms with Crippen LogP contribution in [0.15, 0.2) is 54.6 Å². The van der Waals surface area contributed by atoms with E-state index in [0.29, 0.717) is 25.9 Å². The zero-order chi connectivity index (χ0) is 27.5. The van der Waals surface area contributed by atoms with Crippen molar-refractivity contribution in [1.82, 2.24) is 15.1 Å². The van der Waals surface area contributed by atoms with Gasteiger partial charge in [0.05, 0.1) is 24.2 Å². The van der Waals surface area contributed by atoms with Gasteiger partial charge in [0.25, 0.3) is 0 Å². The lowest BCUT2D eigenvalue weighted by atomic mass is 9.69. The first kappa shape index (κ1) is 27.7. The first-order chi connectivity index (χ1) is 18.0. The summed E-state index contributed by atoms with van der Waals surface area (Å²) in [7, 11) is 1.81. The first-order valence-electron chi connectivity index (χ1n) is 13.0. The summed E-state index contributed by atoms with van der Waals surface area (Å²) in [6.45, 7) is 4.54. The topological polar surface area (TPSA) is 105 Å². The molecule has 38 heavy (non-hydrogen) atoms. The fraction of sp³-hybridized carbons (Fsp3) is 0.483. The number of ether oxygens (including phenoxy) is 1. The van der Waals surface area contributed by atoms with E-state index in [-0.39, 0.29) is 43.3 Å². The van der Waals surface area contributed by atoms with E-state index >= 15 is 0 Å². The van der Waals surface area contributed by atoms with Crippen LogP contribution in [0.3, 0.4) is 0 Å². The number of carbonyl (C=O) groups excluding carboxylic acids is 3. The van der Waals surface area contributed by atoms with Crippen LogP contribution in [0, 0.1) is 11.2 Å². The Kier molecular flexibility index (Phi) is 8.18. The molecule has 0 bridgehead atoms. The van der Waals surface area contributed by atoms with Crippen molar-refractivity contribution in [1.29, 1.82) is 0 Å². The van der Waals surface area contributed by atoms with Gasteiger partial charge in [0, 0.05) is 32.6 Å². The lowest BCUT2D eigenvalue weighted by molar-refractivity contribution is -0.147. The van der Waals surface area contributed by atoms with Gasteiger partial charge in [-0.05, 0) is 49.9 Å². The van der Waals surface area contributed by atoms with Crippen LogP contribution in [0.1, 0.15) is 43.7 Å². The Balaban J connectivity index is 1.53. The Morgan fingerprint density at radius 2 is 1.87 bits per heavy atom. The van der Waals surface area contributed by atoms with Crippen LogP contribution in [0.25, 0.3) is 0 Å². The molecule has 3 N–H and O–H groups in total. The van der Waals surface area contributed by atoms with Crippen LogP contribution in [-0.2, 0) is 25.7 Å². The highest BCUT2D eigenvalue weighted by molar-refractivity contribution is 5.92. The molecule has 3 atom stereocenters. The van der Waals surface area contributed by atoms with E-state index in [1.165, 1.54) is 12.1 Å². The smallest absolute Gasteiger partial charge is 0.247 e. The summed E-state index contributed by atoms with van der Waals surface area (Å²) in [5.74, 6) is -1.14. The van der Waals surface area contributed by atoms with Crippen LogP contribution in [-0.4, -0.2) is 72.4 Å². The average molecular weight is 525 g/mol. The Morgan fingerprint density at radius 1 is 1.18 bits per heavy atom. The third kappa shape index (κ3) is 5.89. The summed E-state index contributed by atoms with van der Waals surface area (Å²) in [6, 6.07) is 14.9. The fourth-order valence-electron chi connectivity index (χ4n) is 5.52. The molecular weight excluding hydrogens is 487 g/mol. The number of likely N-dealkylation sites (tertiary alicyclic amines) is 2. The van der Waals surface area contributed by atoms with Gasteiger partial charge < -0.3 is 25.6 Å². The second-order valence-electron chi connectivity index (χ2n) is 11.1. The number of nitrogens with two attached hydrogens (primary N) is 1. The summed E-state index contributed by atoms with van der Waals surface area (Å²) in [6.07, 6.45) is 1.36. The monoisotopic (exact) mass is 524 g/mol. The van der Waals surface area contributed by atoms with Crippen molar-refractivity contribution >= 4 is 17.7 Å². The molecule has 2 saturated heterocycles. The molecule has 1 spiro atoms. The summed E-state index contributed by atoms with van der Waals surface area (Å²) in [4.78, 5) is 43.5. The molecule has 2 unspecified atom stereocenters. The van der Waals surface area contributed by atoms with Crippen molar-refractivity contribution in [3.63, 3.8) is 0 Å². The molecule has 0 radical (unpaired) electrons. The number of piperidine rings is 1. The first-order valence-corrected chi connectivity index (χ1v) is 13.0. The number of hydrogen-bond acceptors (Lipinski definition) is 5.